The predicted octanol–water partition coefficient (Wildman–Crippen LogP) is 1.87. The minimum Gasteiger partial charge on any atom is -0.352 e. The number of benzene rings is 1. The highest BCUT2D eigenvalue weighted by Crippen LogP contribution is 2.18. The second-order valence-corrected chi connectivity index (χ2v) is 8.74. The molecule has 2 amide bonds. The number of unbranched alkanes of at least 4 members (excludes halogenated alkanes) is 2. The lowest BCUT2D eigenvalue weighted by Gasteiger charge is -2.23. The molecule has 1 saturated heterocycles. The fourth-order valence-corrected chi connectivity index (χ4v) is 4.67. The summed E-state index contributed by atoms with van der Waals surface area (Å²) in [6, 6.07) is 6.20. The Morgan fingerprint density at radius 2 is 1.80 bits per heavy atom. The number of carbonyl (C=O) groups is 2. The van der Waals surface area contributed by atoms with E-state index in [0.717, 1.165) is 19.3 Å². The predicted molar refractivity (Wildman–Crippen MR) is 97.5 cm³/mol. The van der Waals surface area contributed by atoms with E-state index in [4.69, 9.17) is 0 Å². The molecule has 1 atom stereocenters. The summed E-state index contributed by atoms with van der Waals surface area (Å²) in [6.07, 6.45) is 3.61. The lowest BCUT2D eigenvalue weighted by molar-refractivity contribution is 0.0747. The van der Waals surface area contributed by atoms with Gasteiger partial charge in [-0.3, -0.25) is 9.59 Å². The van der Waals surface area contributed by atoms with Gasteiger partial charge < -0.3 is 10.2 Å². The molecule has 7 heteroatoms. The summed E-state index contributed by atoms with van der Waals surface area (Å²) in [5.41, 5.74) is 0.966. The summed E-state index contributed by atoms with van der Waals surface area (Å²) in [7, 11) is -1.41. The fraction of sp³-hybridized carbons (Fsp3) is 0.556. The molecule has 1 aromatic rings. The van der Waals surface area contributed by atoms with Crippen LogP contribution in [0.2, 0.25) is 0 Å². The number of nitrogens with zero attached hydrogens (tertiary/aromatic N) is 1. The van der Waals surface area contributed by atoms with Crippen LogP contribution in [0.25, 0.3) is 0 Å². The molecule has 0 aliphatic carbocycles. The molecule has 1 aromatic carbocycles. The van der Waals surface area contributed by atoms with Crippen LogP contribution in [0.15, 0.2) is 24.3 Å². The van der Waals surface area contributed by atoms with E-state index in [2.05, 4.69) is 12.2 Å². The van der Waals surface area contributed by atoms with Crippen molar-refractivity contribution in [1.82, 2.24) is 10.2 Å². The van der Waals surface area contributed by atoms with E-state index < -0.39 is 9.84 Å². The van der Waals surface area contributed by atoms with E-state index in [9.17, 15) is 18.0 Å². The summed E-state index contributed by atoms with van der Waals surface area (Å²) in [5.74, 6) is -0.220. The average Bonchev–Trinajstić information content (AvgIpc) is 2.97. The highest BCUT2D eigenvalue weighted by atomic mass is 32.2. The zero-order valence-corrected chi connectivity index (χ0v) is 15.6. The van der Waals surface area contributed by atoms with Crippen molar-refractivity contribution in [3.8, 4) is 0 Å². The van der Waals surface area contributed by atoms with Gasteiger partial charge in [0, 0.05) is 30.8 Å². The van der Waals surface area contributed by atoms with Crippen LogP contribution < -0.4 is 5.32 Å². The van der Waals surface area contributed by atoms with Crippen LogP contribution in [0, 0.1) is 0 Å². The fourth-order valence-electron chi connectivity index (χ4n) is 2.89. The van der Waals surface area contributed by atoms with Gasteiger partial charge in [-0.25, -0.2) is 8.42 Å². The number of rotatable bonds is 7. The first-order valence-electron chi connectivity index (χ1n) is 8.70. The van der Waals surface area contributed by atoms with Crippen molar-refractivity contribution in [3.63, 3.8) is 0 Å². The van der Waals surface area contributed by atoms with E-state index in [1.54, 1.807) is 31.3 Å². The van der Waals surface area contributed by atoms with Gasteiger partial charge in [-0.2, -0.15) is 0 Å². The maximum atomic E-state index is 12.5. The molecule has 0 aromatic heterocycles. The molecule has 1 N–H and O–H groups in total. The smallest absolute Gasteiger partial charge is 0.253 e. The minimum absolute atomic E-state index is 0.0213. The zero-order valence-electron chi connectivity index (χ0n) is 14.8. The molecular formula is C18H26N2O4S. The van der Waals surface area contributed by atoms with Crippen LogP contribution in [-0.4, -0.2) is 56.3 Å². The van der Waals surface area contributed by atoms with E-state index in [0.29, 0.717) is 24.1 Å². The van der Waals surface area contributed by atoms with Gasteiger partial charge in [0.2, 0.25) is 0 Å². The van der Waals surface area contributed by atoms with E-state index >= 15 is 0 Å². The molecule has 2 rings (SSSR count). The van der Waals surface area contributed by atoms with Gasteiger partial charge in [0.25, 0.3) is 11.8 Å². The van der Waals surface area contributed by atoms with Crippen LogP contribution in [0.4, 0.5) is 0 Å². The maximum Gasteiger partial charge on any atom is 0.253 e. The van der Waals surface area contributed by atoms with Crippen molar-refractivity contribution >= 4 is 21.7 Å². The van der Waals surface area contributed by atoms with Crippen molar-refractivity contribution in [2.45, 2.75) is 38.6 Å². The number of nitrogens with one attached hydrogen (secondary N) is 1. The molecule has 1 heterocycles. The molecule has 0 bridgehead atoms. The Morgan fingerprint density at radius 1 is 1.16 bits per heavy atom. The van der Waals surface area contributed by atoms with Crippen LogP contribution in [-0.2, 0) is 9.84 Å². The Morgan fingerprint density at radius 3 is 2.36 bits per heavy atom. The van der Waals surface area contributed by atoms with Crippen molar-refractivity contribution in [2.75, 3.05) is 25.1 Å². The van der Waals surface area contributed by atoms with Gasteiger partial charge in [-0.15, -0.1) is 0 Å². The Balaban J connectivity index is 1.94. The molecule has 1 aliphatic rings. The Hall–Kier alpha value is -1.89. The first-order valence-corrected chi connectivity index (χ1v) is 10.5. The van der Waals surface area contributed by atoms with Crippen LogP contribution in [0.3, 0.4) is 0 Å². The van der Waals surface area contributed by atoms with E-state index in [-0.39, 0.29) is 29.4 Å². The Bertz CT molecular complexity index is 713. The maximum absolute atomic E-state index is 12.5. The third-order valence-electron chi connectivity index (χ3n) is 4.54. The zero-order chi connectivity index (χ0) is 18.4. The molecular weight excluding hydrogens is 340 g/mol. The van der Waals surface area contributed by atoms with Gasteiger partial charge in [-0.1, -0.05) is 19.8 Å². The Kier molecular flexibility index (Phi) is 6.58. The monoisotopic (exact) mass is 366 g/mol. The molecule has 0 spiro atoms. The van der Waals surface area contributed by atoms with Gasteiger partial charge >= 0.3 is 0 Å². The first-order chi connectivity index (χ1) is 11.8. The number of sulfone groups is 1. The molecule has 0 saturated carbocycles. The number of hydrogen-bond donors (Lipinski definition) is 1. The average molecular weight is 366 g/mol. The summed E-state index contributed by atoms with van der Waals surface area (Å²) >= 11 is 0. The molecule has 25 heavy (non-hydrogen) atoms. The number of carbonyl (C=O) groups excluding carboxylic acids is 2. The van der Waals surface area contributed by atoms with E-state index in [1.807, 2.05) is 0 Å². The largest absolute Gasteiger partial charge is 0.352 e. The SMILES string of the molecule is CCCCCNC(=O)c1ccc(C(=O)N(C)C2CCS(=O)(=O)C2)cc1. The highest BCUT2D eigenvalue weighted by molar-refractivity contribution is 7.91. The minimum atomic E-state index is -3.03. The van der Waals surface area contributed by atoms with Gasteiger partial charge in [0.05, 0.1) is 11.5 Å². The summed E-state index contributed by atoms with van der Waals surface area (Å²) in [6.45, 7) is 2.75. The normalized spacial score (nSPS) is 18.7. The second-order valence-electron chi connectivity index (χ2n) is 6.51. The topological polar surface area (TPSA) is 83.6 Å². The summed E-state index contributed by atoms with van der Waals surface area (Å²) < 4.78 is 23.1. The first kappa shape index (κ1) is 19.4. The quantitative estimate of drug-likeness (QED) is 0.747. The van der Waals surface area contributed by atoms with Crippen molar-refractivity contribution in [3.05, 3.63) is 35.4 Å². The molecule has 138 valence electrons. The van der Waals surface area contributed by atoms with Crippen LogP contribution in [0.5, 0.6) is 0 Å². The molecule has 1 aliphatic heterocycles. The molecule has 6 nitrogen and oxygen atoms in total. The van der Waals surface area contributed by atoms with Crippen molar-refractivity contribution in [1.29, 1.82) is 0 Å². The third kappa shape index (κ3) is 5.29. The number of amides is 2. The van der Waals surface area contributed by atoms with Gasteiger partial charge in [0.1, 0.15) is 0 Å². The number of hydrogen-bond acceptors (Lipinski definition) is 4. The highest BCUT2D eigenvalue weighted by Gasteiger charge is 2.33. The molecule has 0 radical (unpaired) electrons. The Labute approximate surface area is 149 Å². The molecule has 1 fully saturated rings. The van der Waals surface area contributed by atoms with Gasteiger partial charge in [-0.05, 0) is 37.1 Å². The van der Waals surface area contributed by atoms with Crippen LogP contribution in [0.1, 0.15) is 53.3 Å². The summed E-state index contributed by atoms with van der Waals surface area (Å²) in [5, 5.41) is 2.86. The lowest BCUT2D eigenvalue weighted by Crippen LogP contribution is -2.37. The van der Waals surface area contributed by atoms with Crippen molar-refractivity contribution in [2.24, 2.45) is 0 Å². The molecule has 1 unspecified atom stereocenters. The van der Waals surface area contributed by atoms with Gasteiger partial charge in [0.15, 0.2) is 9.84 Å². The second kappa shape index (κ2) is 8.47. The third-order valence-corrected chi connectivity index (χ3v) is 6.29. The summed E-state index contributed by atoms with van der Waals surface area (Å²) in [4.78, 5) is 26.0. The standard InChI is InChI=1S/C18H26N2O4S/c1-3-4-5-11-19-17(21)14-6-8-15(9-7-14)18(22)20(2)16-10-12-25(23,24)13-16/h6-9,16H,3-5,10-13H2,1-2H3,(H,19,21). The van der Waals surface area contributed by atoms with Crippen LogP contribution >= 0.6 is 0 Å². The van der Waals surface area contributed by atoms with E-state index in [1.165, 1.54) is 4.90 Å². The lowest BCUT2D eigenvalue weighted by atomic mass is 10.1. The van der Waals surface area contributed by atoms with Crippen molar-refractivity contribution < 1.29 is 18.0 Å².